The fourth-order valence-electron chi connectivity index (χ4n) is 2.89. The number of hydrogen-bond donors (Lipinski definition) is 2. The molecule has 2 aromatic carbocycles. The van der Waals surface area contributed by atoms with Crippen LogP contribution in [0.3, 0.4) is 0 Å². The molecular weight excluding hydrogens is 368 g/mol. The third-order valence-corrected chi connectivity index (χ3v) is 5.48. The van der Waals surface area contributed by atoms with Crippen LogP contribution in [-0.2, 0) is 12.8 Å². The highest BCUT2D eigenvalue weighted by molar-refractivity contribution is 7.98. The molecular formula is C22H26N4OS. The van der Waals surface area contributed by atoms with E-state index in [9.17, 15) is 4.79 Å². The summed E-state index contributed by atoms with van der Waals surface area (Å²) in [6, 6.07) is 18.0. The average Bonchev–Trinajstić information content (AvgIpc) is 3.13. The fourth-order valence-corrected chi connectivity index (χ4v) is 3.71. The van der Waals surface area contributed by atoms with Gasteiger partial charge in [-0.2, -0.15) is 11.8 Å². The summed E-state index contributed by atoms with van der Waals surface area (Å²) in [5.41, 5.74) is 3.58. The number of thioether (sulfide) groups is 1. The third-order valence-electron chi connectivity index (χ3n) is 4.45. The molecule has 0 fully saturated rings. The van der Waals surface area contributed by atoms with Gasteiger partial charge >= 0.3 is 6.03 Å². The van der Waals surface area contributed by atoms with Crippen LogP contribution in [0.1, 0.15) is 28.6 Å². The number of amides is 2. The Balaban J connectivity index is 1.49. The topological polar surface area (TPSA) is 59.0 Å². The van der Waals surface area contributed by atoms with E-state index < -0.39 is 0 Å². The maximum Gasteiger partial charge on any atom is 0.315 e. The number of rotatable bonds is 8. The Morgan fingerprint density at radius 2 is 1.89 bits per heavy atom. The molecule has 0 saturated carbocycles. The van der Waals surface area contributed by atoms with Crippen LogP contribution >= 0.6 is 11.8 Å². The Labute approximate surface area is 170 Å². The first-order chi connectivity index (χ1) is 13.6. The molecule has 2 N–H and O–H groups in total. The first kappa shape index (κ1) is 20.0. The highest BCUT2D eigenvalue weighted by atomic mass is 32.2. The number of urea groups is 1. The maximum absolute atomic E-state index is 12.4. The summed E-state index contributed by atoms with van der Waals surface area (Å²) in [5, 5.41) is 6.00. The summed E-state index contributed by atoms with van der Waals surface area (Å²) in [7, 11) is 1.93. The SMILES string of the molecule is Cc1ccc(CSCCNC(=O)N[C@H](c2ccccc2)c2nccn2C)cc1. The zero-order valence-electron chi connectivity index (χ0n) is 16.3. The Kier molecular flexibility index (Phi) is 7.14. The van der Waals surface area contributed by atoms with E-state index in [1.807, 2.05) is 59.9 Å². The van der Waals surface area contributed by atoms with Crippen molar-refractivity contribution in [2.75, 3.05) is 12.3 Å². The molecule has 1 atom stereocenters. The summed E-state index contributed by atoms with van der Waals surface area (Å²) in [6.07, 6.45) is 3.62. The summed E-state index contributed by atoms with van der Waals surface area (Å²) in [6.45, 7) is 2.71. The largest absolute Gasteiger partial charge is 0.337 e. The van der Waals surface area contributed by atoms with Crippen LogP contribution < -0.4 is 10.6 Å². The van der Waals surface area contributed by atoms with Gasteiger partial charge in [-0.1, -0.05) is 60.2 Å². The van der Waals surface area contributed by atoms with E-state index in [0.717, 1.165) is 22.9 Å². The first-order valence-electron chi connectivity index (χ1n) is 9.33. The van der Waals surface area contributed by atoms with Crippen molar-refractivity contribution in [2.24, 2.45) is 7.05 Å². The third kappa shape index (κ3) is 5.63. The molecule has 28 heavy (non-hydrogen) atoms. The molecule has 0 spiro atoms. The van der Waals surface area contributed by atoms with E-state index in [0.29, 0.717) is 6.54 Å². The Morgan fingerprint density at radius 3 is 2.57 bits per heavy atom. The lowest BCUT2D eigenvalue weighted by atomic mass is 10.1. The van der Waals surface area contributed by atoms with Gasteiger partial charge in [0.2, 0.25) is 0 Å². The number of imidazole rings is 1. The number of nitrogens with zero attached hydrogens (tertiary/aromatic N) is 2. The molecule has 0 aliphatic rings. The fraction of sp³-hybridized carbons (Fsp3) is 0.273. The van der Waals surface area contributed by atoms with Crippen LogP contribution in [0.2, 0.25) is 0 Å². The van der Waals surface area contributed by atoms with Gasteiger partial charge in [-0.3, -0.25) is 0 Å². The van der Waals surface area contributed by atoms with Gasteiger partial charge in [0.25, 0.3) is 0 Å². The van der Waals surface area contributed by atoms with Crippen molar-refractivity contribution in [3.05, 3.63) is 89.5 Å². The molecule has 0 bridgehead atoms. The second-order valence-electron chi connectivity index (χ2n) is 6.68. The van der Waals surface area contributed by atoms with Crippen LogP contribution in [0.25, 0.3) is 0 Å². The van der Waals surface area contributed by atoms with E-state index in [-0.39, 0.29) is 12.1 Å². The van der Waals surface area contributed by atoms with Gasteiger partial charge in [0.05, 0.1) is 0 Å². The van der Waals surface area contributed by atoms with Gasteiger partial charge in [-0.15, -0.1) is 0 Å². The molecule has 3 rings (SSSR count). The predicted octanol–water partition coefficient (Wildman–Crippen LogP) is 4.05. The van der Waals surface area contributed by atoms with E-state index >= 15 is 0 Å². The minimum atomic E-state index is -0.290. The molecule has 3 aromatic rings. The van der Waals surface area contributed by atoms with E-state index in [1.165, 1.54) is 11.1 Å². The lowest BCUT2D eigenvalue weighted by Crippen LogP contribution is -2.40. The lowest BCUT2D eigenvalue weighted by molar-refractivity contribution is 0.238. The monoisotopic (exact) mass is 394 g/mol. The lowest BCUT2D eigenvalue weighted by Gasteiger charge is -2.19. The highest BCUT2D eigenvalue weighted by Crippen LogP contribution is 2.20. The number of nitrogens with one attached hydrogen (secondary N) is 2. The minimum Gasteiger partial charge on any atom is -0.337 e. The quantitative estimate of drug-likeness (QED) is 0.567. The molecule has 146 valence electrons. The number of aromatic nitrogens is 2. The van der Waals surface area contributed by atoms with Gasteiger partial charge in [-0.25, -0.2) is 9.78 Å². The highest BCUT2D eigenvalue weighted by Gasteiger charge is 2.20. The molecule has 6 heteroatoms. The molecule has 0 radical (unpaired) electrons. The van der Waals surface area contributed by atoms with Crippen LogP contribution in [0.4, 0.5) is 4.79 Å². The van der Waals surface area contributed by atoms with E-state index in [2.05, 4.69) is 46.8 Å². The van der Waals surface area contributed by atoms with Gasteiger partial charge in [0.1, 0.15) is 11.9 Å². The Bertz CT molecular complexity index is 877. The Hall–Kier alpha value is -2.73. The summed E-state index contributed by atoms with van der Waals surface area (Å²) in [4.78, 5) is 16.8. The number of aryl methyl sites for hydroxylation is 2. The smallest absolute Gasteiger partial charge is 0.315 e. The summed E-state index contributed by atoms with van der Waals surface area (Å²) < 4.78 is 1.93. The van der Waals surface area contributed by atoms with Crippen LogP contribution in [0.15, 0.2) is 67.0 Å². The Morgan fingerprint density at radius 1 is 1.14 bits per heavy atom. The maximum atomic E-state index is 12.4. The first-order valence-corrected chi connectivity index (χ1v) is 10.5. The zero-order valence-corrected chi connectivity index (χ0v) is 17.1. The predicted molar refractivity (Wildman–Crippen MR) is 115 cm³/mol. The molecule has 2 amide bonds. The number of benzene rings is 2. The van der Waals surface area contributed by atoms with Crippen molar-refractivity contribution in [3.8, 4) is 0 Å². The molecule has 0 saturated heterocycles. The van der Waals surface area contributed by atoms with Crippen molar-refractivity contribution < 1.29 is 4.79 Å². The number of carbonyl (C=O) groups excluding carboxylic acids is 1. The second kappa shape index (κ2) is 9.99. The minimum absolute atomic E-state index is 0.187. The van der Waals surface area contributed by atoms with Crippen molar-refractivity contribution in [2.45, 2.75) is 18.7 Å². The standard InChI is InChI=1S/C22H26N4OS/c1-17-8-10-18(11-9-17)16-28-15-13-24-22(27)25-20(19-6-4-3-5-7-19)21-23-12-14-26(21)2/h3-12,14,20H,13,15-16H2,1-2H3,(H2,24,25,27)/t20-/m1/s1. The van der Waals surface area contributed by atoms with Gasteiger partial charge in [-0.05, 0) is 18.1 Å². The van der Waals surface area contributed by atoms with Gasteiger partial charge < -0.3 is 15.2 Å². The molecule has 5 nitrogen and oxygen atoms in total. The summed E-state index contributed by atoms with van der Waals surface area (Å²) >= 11 is 1.81. The van der Waals surface area contributed by atoms with E-state index in [4.69, 9.17) is 0 Å². The van der Waals surface area contributed by atoms with Crippen molar-refractivity contribution in [3.63, 3.8) is 0 Å². The van der Waals surface area contributed by atoms with Gasteiger partial charge in [0.15, 0.2) is 0 Å². The number of carbonyl (C=O) groups is 1. The molecule has 0 aliphatic heterocycles. The van der Waals surface area contributed by atoms with Crippen LogP contribution in [0, 0.1) is 6.92 Å². The van der Waals surface area contributed by atoms with Crippen LogP contribution in [0.5, 0.6) is 0 Å². The van der Waals surface area contributed by atoms with E-state index in [1.54, 1.807) is 6.20 Å². The normalized spacial score (nSPS) is 11.8. The van der Waals surface area contributed by atoms with Gasteiger partial charge in [0, 0.05) is 37.5 Å². The zero-order chi connectivity index (χ0) is 19.8. The van der Waals surface area contributed by atoms with Crippen LogP contribution in [-0.4, -0.2) is 27.9 Å². The van der Waals surface area contributed by atoms with Crippen molar-refractivity contribution >= 4 is 17.8 Å². The second-order valence-corrected chi connectivity index (χ2v) is 7.78. The molecule has 0 unspecified atom stereocenters. The molecule has 1 aromatic heterocycles. The molecule has 1 heterocycles. The van der Waals surface area contributed by atoms with Crippen molar-refractivity contribution in [1.82, 2.24) is 20.2 Å². The van der Waals surface area contributed by atoms with Crippen molar-refractivity contribution in [1.29, 1.82) is 0 Å². The summed E-state index contributed by atoms with van der Waals surface area (Å²) in [5.74, 6) is 2.61. The average molecular weight is 395 g/mol. The number of hydrogen-bond acceptors (Lipinski definition) is 3. The molecule has 0 aliphatic carbocycles.